The predicted molar refractivity (Wildman–Crippen MR) is 51.8 cm³/mol. The molecular formula is C10H13NO2. The summed E-state index contributed by atoms with van der Waals surface area (Å²) in [6, 6.07) is 4.56. The fraction of sp³-hybridized carbons (Fsp3) is 0.300. The number of rotatable bonds is 3. The number of Topliss-reactive ketones (excluding diaryl/α,β-unsaturated/α-hetero) is 1. The summed E-state index contributed by atoms with van der Waals surface area (Å²) in [6.45, 7) is 1.92. The van der Waals surface area contributed by atoms with Crippen molar-refractivity contribution in [1.82, 2.24) is 0 Å². The molecule has 0 atom stereocenters. The van der Waals surface area contributed by atoms with Crippen molar-refractivity contribution in [2.45, 2.75) is 19.8 Å². The van der Waals surface area contributed by atoms with Crippen LogP contribution < -0.4 is 5.73 Å². The van der Waals surface area contributed by atoms with Gasteiger partial charge < -0.3 is 10.8 Å². The molecule has 13 heavy (non-hydrogen) atoms. The summed E-state index contributed by atoms with van der Waals surface area (Å²) in [5, 5.41) is 9.39. The molecule has 3 N–H and O–H groups in total. The lowest BCUT2D eigenvalue weighted by molar-refractivity contribution is 0.0979. The average molecular weight is 179 g/mol. The molecule has 0 aliphatic heterocycles. The number of phenolic OH excluding ortho intramolecular Hbond substituents is 1. The van der Waals surface area contributed by atoms with E-state index in [0.717, 1.165) is 6.42 Å². The quantitative estimate of drug-likeness (QED) is 0.550. The first-order chi connectivity index (χ1) is 6.15. The number of hydrogen-bond acceptors (Lipinski definition) is 3. The van der Waals surface area contributed by atoms with Crippen LogP contribution in [0, 0.1) is 0 Å². The minimum atomic E-state index is -0.0417. The van der Waals surface area contributed by atoms with Gasteiger partial charge in [0.1, 0.15) is 5.75 Å². The Bertz CT molecular complexity index is 321. The number of phenols is 1. The van der Waals surface area contributed by atoms with E-state index in [9.17, 15) is 9.90 Å². The normalized spacial score (nSPS) is 9.92. The van der Waals surface area contributed by atoms with Gasteiger partial charge >= 0.3 is 0 Å². The van der Waals surface area contributed by atoms with Crippen molar-refractivity contribution in [2.24, 2.45) is 0 Å². The maximum Gasteiger partial charge on any atom is 0.166 e. The lowest BCUT2D eigenvalue weighted by Crippen LogP contribution is -1.99. The molecular weight excluding hydrogens is 166 g/mol. The maximum absolute atomic E-state index is 11.4. The Morgan fingerprint density at radius 3 is 2.77 bits per heavy atom. The Morgan fingerprint density at radius 1 is 1.54 bits per heavy atom. The minimum absolute atomic E-state index is 0.0292. The number of aromatic hydroxyl groups is 1. The van der Waals surface area contributed by atoms with E-state index in [0.29, 0.717) is 17.7 Å². The number of ketones is 1. The van der Waals surface area contributed by atoms with Gasteiger partial charge in [0.25, 0.3) is 0 Å². The smallest absolute Gasteiger partial charge is 0.166 e. The highest BCUT2D eigenvalue weighted by molar-refractivity contribution is 5.98. The number of nitrogen functional groups attached to an aromatic ring is 1. The molecule has 0 saturated heterocycles. The third-order valence-corrected chi connectivity index (χ3v) is 1.80. The fourth-order valence-corrected chi connectivity index (χ4v) is 1.15. The molecule has 1 rings (SSSR count). The van der Waals surface area contributed by atoms with E-state index in [4.69, 9.17) is 5.73 Å². The predicted octanol–water partition coefficient (Wildman–Crippen LogP) is 1.96. The van der Waals surface area contributed by atoms with E-state index in [2.05, 4.69) is 0 Å². The average Bonchev–Trinajstić information content (AvgIpc) is 2.04. The molecule has 0 aromatic heterocycles. The number of nitrogens with two attached hydrogens (primary N) is 1. The maximum atomic E-state index is 11.4. The van der Waals surface area contributed by atoms with Crippen LogP contribution in [0.25, 0.3) is 0 Å². The van der Waals surface area contributed by atoms with Crippen molar-refractivity contribution in [3.8, 4) is 5.75 Å². The monoisotopic (exact) mass is 179 g/mol. The highest BCUT2D eigenvalue weighted by Crippen LogP contribution is 2.21. The van der Waals surface area contributed by atoms with Gasteiger partial charge in [0.05, 0.1) is 5.56 Å². The molecule has 0 aliphatic carbocycles. The molecule has 3 nitrogen and oxygen atoms in total. The largest absolute Gasteiger partial charge is 0.507 e. The van der Waals surface area contributed by atoms with E-state index < -0.39 is 0 Å². The van der Waals surface area contributed by atoms with Crippen molar-refractivity contribution < 1.29 is 9.90 Å². The summed E-state index contributed by atoms with van der Waals surface area (Å²) < 4.78 is 0. The van der Waals surface area contributed by atoms with Gasteiger partial charge in [-0.05, 0) is 18.6 Å². The zero-order valence-electron chi connectivity index (χ0n) is 7.58. The molecule has 0 spiro atoms. The van der Waals surface area contributed by atoms with Crippen LogP contribution in [0.1, 0.15) is 30.1 Å². The second-order valence-corrected chi connectivity index (χ2v) is 2.95. The van der Waals surface area contributed by atoms with Crippen LogP contribution >= 0.6 is 0 Å². The van der Waals surface area contributed by atoms with Gasteiger partial charge in [0, 0.05) is 18.2 Å². The molecule has 0 radical (unpaired) electrons. The van der Waals surface area contributed by atoms with Crippen molar-refractivity contribution in [3.05, 3.63) is 23.8 Å². The van der Waals surface area contributed by atoms with E-state index in [1.54, 1.807) is 12.1 Å². The number of benzene rings is 1. The SMILES string of the molecule is CCCC(=O)c1ccc(N)cc1O. The van der Waals surface area contributed by atoms with Crippen LogP contribution in [0.2, 0.25) is 0 Å². The Hall–Kier alpha value is -1.51. The molecule has 0 heterocycles. The molecule has 0 aliphatic rings. The van der Waals surface area contributed by atoms with Gasteiger partial charge in [0.15, 0.2) is 5.78 Å². The fourth-order valence-electron chi connectivity index (χ4n) is 1.15. The molecule has 0 saturated carbocycles. The summed E-state index contributed by atoms with van der Waals surface area (Å²) in [7, 11) is 0. The number of carbonyl (C=O) groups excluding carboxylic acids is 1. The summed E-state index contributed by atoms with van der Waals surface area (Å²) >= 11 is 0. The van der Waals surface area contributed by atoms with Crippen molar-refractivity contribution in [3.63, 3.8) is 0 Å². The van der Waals surface area contributed by atoms with Crippen molar-refractivity contribution in [2.75, 3.05) is 5.73 Å². The van der Waals surface area contributed by atoms with E-state index >= 15 is 0 Å². The highest BCUT2D eigenvalue weighted by Gasteiger charge is 2.09. The second kappa shape index (κ2) is 3.94. The third-order valence-electron chi connectivity index (χ3n) is 1.80. The van der Waals surface area contributed by atoms with Gasteiger partial charge in [-0.2, -0.15) is 0 Å². The van der Waals surface area contributed by atoms with Crippen LogP contribution in [0.3, 0.4) is 0 Å². The second-order valence-electron chi connectivity index (χ2n) is 2.95. The third kappa shape index (κ3) is 2.21. The number of hydrogen-bond donors (Lipinski definition) is 2. The van der Waals surface area contributed by atoms with Gasteiger partial charge in [-0.1, -0.05) is 6.92 Å². The van der Waals surface area contributed by atoms with Crippen molar-refractivity contribution in [1.29, 1.82) is 0 Å². The number of anilines is 1. The van der Waals surface area contributed by atoms with Crippen LogP contribution in [0.15, 0.2) is 18.2 Å². The first-order valence-corrected chi connectivity index (χ1v) is 4.27. The first-order valence-electron chi connectivity index (χ1n) is 4.27. The topological polar surface area (TPSA) is 63.3 Å². The van der Waals surface area contributed by atoms with Crippen LogP contribution in [0.4, 0.5) is 5.69 Å². The number of carbonyl (C=O) groups is 1. The van der Waals surface area contributed by atoms with Gasteiger partial charge in [-0.25, -0.2) is 0 Å². The molecule has 0 amide bonds. The molecule has 70 valence electrons. The molecule has 1 aromatic carbocycles. The van der Waals surface area contributed by atoms with E-state index in [1.165, 1.54) is 6.07 Å². The zero-order valence-corrected chi connectivity index (χ0v) is 7.58. The highest BCUT2D eigenvalue weighted by atomic mass is 16.3. The van der Waals surface area contributed by atoms with E-state index in [-0.39, 0.29) is 11.5 Å². The van der Waals surface area contributed by atoms with Crippen molar-refractivity contribution >= 4 is 11.5 Å². The lowest BCUT2D eigenvalue weighted by atomic mass is 10.1. The Morgan fingerprint density at radius 2 is 2.23 bits per heavy atom. The lowest BCUT2D eigenvalue weighted by Gasteiger charge is -2.02. The summed E-state index contributed by atoms with van der Waals surface area (Å²) in [6.07, 6.45) is 1.24. The Kier molecular flexibility index (Phi) is 2.90. The summed E-state index contributed by atoms with van der Waals surface area (Å²) in [5.74, 6) is -0.0709. The minimum Gasteiger partial charge on any atom is -0.507 e. The molecule has 1 aromatic rings. The van der Waals surface area contributed by atoms with Crippen LogP contribution in [-0.4, -0.2) is 10.9 Å². The van der Waals surface area contributed by atoms with Gasteiger partial charge in [-0.3, -0.25) is 4.79 Å². The molecule has 0 bridgehead atoms. The van der Waals surface area contributed by atoms with Crippen LogP contribution in [-0.2, 0) is 0 Å². The van der Waals surface area contributed by atoms with Gasteiger partial charge in [0.2, 0.25) is 0 Å². The first kappa shape index (κ1) is 9.58. The van der Waals surface area contributed by atoms with Crippen LogP contribution in [0.5, 0.6) is 5.75 Å². The Labute approximate surface area is 77.2 Å². The molecule has 0 unspecified atom stereocenters. The molecule has 3 heteroatoms. The standard InChI is InChI=1S/C10H13NO2/c1-2-3-9(12)8-5-4-7(11)6-10(8)13/h4-6,13H,2-3,11H2,1H3. The van der Waals surface area contributed by atoms with E-state index in [1.807, 2.05) is 6.92 Å². The Balaban J connectivity index is 2.95. The molecule has 0 fully saturated rings. The zero-order chi connectivity index (χ0) is 9.84. The van der Waals surface area contributed by atoms with Gasteiger partial charge in [-0.15, -0.1) is 0 Å². The summed E-state index contributed by atoms with van der Waals surface area (Å²) in [4.78, 5) is 11.4. The summed E-state index contributed by atoms with van der Waals surface area (Å²) in [5.41, 5.74) is 6.25.